The van der Waals surface area contributed by atoms with Crippen molar-refractivity contribution in [2.45, 2.75) is 19.0 Å². The second-order valence-corrected chi connectivity index (χ2v) is 5.16. The average molecular weight is 312 g/mol. The Morgan fingerprint density at radius 1 is 1.16 bits per heavy atom. The van der Waals surface area contributed by atoms with Crippen molar-refractivity contribution in [1.29, 1.82) is 0 Å². The third-order valence-corrected chi connectivity index (χ3v) is 3.47. The molecule has 1 aliphatic rings. The van der Waals surface area contributed by atoms with Crippen molar-refractivity contribution in [2.75, 3.05) is 11.4 Å². The molecule has 19 heavy (non-hydrogen) atoms. The highest BCUT2D eigenvalue weighted by Crippen LogP contribution is 2.33. The minimum absolute atomic E-state index is 0.0501. The van der Waals surface area contributed by atoms with Crippen LogP contribution in [-0.2, 0) is 4.79 Å². The Kier molecular flexibility index (Phi) is 4.26. The quantitative estimate of drug-likeness (QED) is 0.827. The van der Waals surface area contributed by atoms with Gasteiger partial charge in [-0.3, -0.25) is 4.79 Å². The normalized spacial score (nSPS) is 21.3. The Balaban J connectivity index is 2.22. The van der Waals surface area contributed by atoms with Gasteiger partial charge in [-0.25, -0.2) is 13.2 Å². The number of hydrogen-bond donors (Lipinski definition) is 0. The molecule has 1 aliphatic heterocycles. The molecule has 0 bridgehead atoms. The van der Waals surface area contributed by atoms with E-state index in [1.165, 1.54) is 23.1 Å². The van der Waals surface area contributed by atoms with E-state index < -0.39 is 24.4 Å². The van der Waals surface area contributed by atoms with Gasteiger partial charge in [0.05, 0.1) is 5.92 Å². The number of hydrogen-bond acceptors (Lipinski definition) is 1. The first kappa shape index (κ1) is 14.5. The first-order chi connectivity index (χ1) is 8.90. The lowest BCUT2D eigenvalue weighted by Crippen LogP contribution is -2.33. The molecule has 2 unspecified atom stereocenters. The fourth-order valence-electron chi connectivity index (χ4n) is 2.12. The lowest BCUT2D eigenvalue weighted by atomic mass is 10.0. The monoisotopic (exact) mass is 311 g/mol. The molecule has 1 heterocycles. The second kappa shape index (κ2) is 5.59. The average Bonchev–Trinajstić information content (AvgIpc) is 2.68. The van der Waals surface area contributed by atoms with Crippen molar-refractivity contribution in [2.24, 2.45) is 5.92 Å². The van der Waals surface area contributed by atoms with Crippen LogP contribution >= 0.6 is 23.2 Å². The van der Waals surface area contributed by atoms with E-state index in [0.29, 0.717) is 15.7 Å². The van der Waals surface area contributed by atoms with Crippen LogP contribution in [0.25, 0.3) is 0 Å². The lowest BCUT2D eigenvalue weighted by molar-refractivity contribution is -0.124. The number of alkyl halides is 3. The molecule has 0 N–H and O–H groups in total. The maximum atomic E-state index is 13.3. The summed E-state index contributed by atoms with van der Waals surface area (Å²) in [5.74, 6) is -1.97. The Bertz CT molecular complexity index is 478. The first-order valence-corrected chi connectivity index (χ1v) is 6.35. The van der Waals surface area contributed by atoms with Gasteiger partial charge in [0.15, 0.2) is 6.17 Å². The van der Waals surface area contributed by atoms with Crippen molar-refractivity contribution in [3.8, 4) is 0 Å². The van der Waals surface area contributed by atoms with Crippen LogP contribution < -0.4 is 4.90 Å². The smallest absolute Gasteiger partial charge is 0.270 e. The van der Waals surface area contributed by atoms with E-state index in [1.807, 2.05) is 0 Å². The summed E-state index contributed by atoms with van der Waals surface area (Å²) in [7, 11) is 0. The molecule has 0 spiro atoms. The molecule has 2 rings (SSSR count). The molecular formula is C12H10Cl2F3NO. The number of halogens is 5. The SMILES string of the molecule is O=C1C(C(F)C(F)F)CCN1c1cc(Cl)cc(Cl)c1. The van der Waals surface area contributed by atoms with Gasteiger partial charge in [-0.2, -0.15) is 0 Å². The summed E-state index contributed by atoms with van der Waals surface area (Å²) in [5.41, 5.74) is 0.395. The van der Waals surface area contributed by atoms with Crippen LogP contribution in [0.1, 0.15) is 6.42 Å². The van der Waals surface area contributed by atoms with Gasteiger partial charge in [0.25, 0.3) is 6.43 Å². The molecule has 104 valence electrons. The fourth-order valence-corrected chi connectivity index (χ4v) is 2.64. The van der Waals surface area contributed by atoms with E-state index >= 15 is 0 Å². The van der Waals surface area contributed by atoms with Gasteiger partial charge in [0.1, 0.15) is 0 Å². The van der Waals surface area contributed by atoms with Crippen LogP contribution in [0.5, 0.6) is 0 Å². The maximum absolute atomic E-state index is 13.3. The van der Waals surface area contributed by atoms with E-state index in [2.05, 4.69) is 0 Å². The summed E-state index contributed by atoms with van der Waals surface area (Å²) in [4.78, 5) is 13.2. The number of benzene rings is 1. The van der Waals surface area contributed by atoms with Crippen molar-refractivity contribution >= 4 is 34.8 Å². The lowest BCUT2D eigenvalue weighted by Gasteiger charge is -2.18. The third kappa shape index (κ3) is 2.98. The van der Waals surface area contributed by atoms with Gasteiger partial charge in [-0.05, 0) is 24.6 Å². The zero-order chi connectivity index (χ0) is 14.2. The van der Waals surface area contributed by atoms with E-state index in [9.17, 15) is 18.0 Å². The van der Waals surface area contributed by atoms with Gasteiger partial charge in [0, 0.05) is 22.3 Å². The van der Waals surface area contributed by atoms with E-state index in [-0.39, 0.29) is 13.0 Å². The molecule has 1 aromatic carbocycles. The zero-order valence-corrected chi connectivity index (χ0v) is 11.1. The summed E-state index contributed by atoms with van der Waals surface area (Å²) in [5, 5.41) is 0.647. The standard InChI is InChI=1S/C12H10Cl2F3NO/c13-6-3-7(14)5-8(4-6)18-2-1-9(12(18)19)10(15)11(16)17/h3-5,9-11H,1-2H2. The molecule has 2 atom stereocenters. The summed E-state index contributed by atoms with van der Waals surface area (Å²) >= 11 is 11.6. The Hall–Kier alpha value is -0.940. The predicted octanol–water partition coefficient (Wildman–Crippen LogP) is 3.95. The number of amides is 1. The summed E-state index contributed by atoms with van der Waals surface area (Å²) < 4.78 is 37.9. The molecule has 1 amide bonds. The fraction of sp³-hybridized carbons (Fsp3) is 0.417. The van der Waals surface area contributed by atoms with Crippen LogP contribution in [-0.4, -0.2) is 25.0 Å². The highest BCUT2D eigenvalue weighted by molar-refractivity contribution is 6.35. The number of anilines is 1. The molecule has 0 aromatic heterocycles. The van der Waals surface area contributed by atoms with Crippen molar-refractivity contribution < 1.29 is 18.0 Å². The molecule has 1 fully saturated rings. The van der Waals surface area contributed by atoms with Crippen molar-refractivity contribution in [3.63, 3.8) is 0 Å². The van der Waals surface area contributed by atoms with E-state index in [4.69, 9.17) is 23.2 Å². The highest BCUT2D eigenvalue weighted by atomic mass is 35.5. The minimum atomic E-state index is -3.16. The molecule has 1 aromatic rings. The number of nitrogens with zero attached hydrogens (tertiary/aromatic N) is 1. The second-order valence-electron chi connectivity index (χ2n) is 4.29. The van der Waals surface area contributed by atoms with Gasteiger partial charge in [0.2, 0.25) is 5.91 Å². The number of carbonyl (C=O) groups excluding carboxylic acids is 1. The van der Waals surface area contributed by atoms with E-state index in [0.717, 1.165) is 0 Å². The molecule has 0 saturated carbocycles. The molecule has 2 nitrogen and oxygen atoms in total. The van der Waals surface area contributed by atoms with Crippen LogP contribution in [0, 0.1) is 5.92 Å². The minimum Gasteiger partial charge on any atom is -0.312 e. The van der Waals surface area contributed by atoms with Crippen LogP contribution in [0.2, 0.25) is 10.0 Å². The first-order valence-electron chi connectivity index (χ1n) is 5.60. The maximum Gasteiger partial charge on any atom is 0.270 e. The van der Waals surface area contributed by atoms with Crippen LogP contribution in [0.15, 0.2) is 18.2 Å². The number of rotatable bonds is 3. The molecule has 1 saturated heterocycles. The predicted molar refractivity (Wildman–Crippen MR) is 67.8 cm³/mol. The Morgan fingerprint density at radius 3 is 2.26 bits per heavy atom. The summed E-state index contributed by atoms with van der Waals surface area (Å²) in [6.45, 7) is 0.174. The summed E-state index contributed by atoms with van der Waals surface area (Å²) in [6, 6.07) is 4.47. The van der Waals surface area contributed by atoms with Gasteiger partial charge in [-0.1, -0.05) is 23.2 Å². The number of carbonyl (C=O) groups is 1. The van der Waals surface area contributed by atoms with Crippen LogP contribution in [0.4, 0.5) is 18.9 Å². The van der Waals surface area contributed by atoms with Gasteiger partial charge >= 0.3 is 0 Å². The van der Waals surface area contributed by atoms with E-state index in [1.54, 1.807) is 0 Å². The Labute approximate surface area is 118 Å². The third-order valence-electron chi connectivity index (χ3n) is 3.03. The topological polar surface area (TPSA) is 20.3 Å². The molecule has 7 heteroatoms. The van der Waals surface area contributed by atoms with Gasteiger partial charge < -0.3 is 4.90 Å². The highest BCUT2D eigenvalue weighted by Gasteiger charge is 2.42. The van der Waals surface area contributed by atoms with Crippen LogP contribution in [0.3, 0.4) is 0 Å². The summed E-state index contributed by atoms with van der Waals surface area (Å²) in [6.07, 6.45) is -5.54. The van der Waals surface area contributed by atoms with Crippen molar-refractivity contribution in [1.82, 2.24) is 0 Å². The zero-order valence-electron chi connectivity index (χ0n) is 9.62. The molecular weight excluding hydrogens is 302 g/mol. The molecule has 0 aliphatic carbocycles. The molecule has 0 radical (unpaired) electrons. The van der Waals surface area contributed by atoms with Crippen molar-refractivity contribution in [3.05, 3.63) is 28.2 Å². The largest absolute Gasteiger partial charge is 0.312 e. The Morgan fingerprint density at radius 2 is 1.74 bits per heavy atom. The van der Waals surface area contributed by atoms with Gasteiger partial charge in [-0.15, -0.1) is 0 Å².